The summed E-state index contributed by atoms with van der Waals surface area (Å²) in [5, 5.41) is 5.02. The number of hydrogen-bond acceptors (Lipinski definition) is 3. The molecule has 1 N–H and O–H groups in total. The van der Waals surface area contributed by atoms with Crippen LogP contribution in [-0.4, -0.2) is 11.5 Å². The number of rotatable bonds is 1. The number of thiazole rings is 1. The number of nitrogens with one attached hydrogen (secondary N) is 1. The van der Waals surface area contributed by atoms with E-state index in [1.165, 1.54) is 46.6 Å². The van der Waals surface area contributed by atoms with Gasteiger partial charge in [0.15, 0.2) is 0 Å². The van der Waals surface area contributed by atoms with Gasteiger partial charge in [0, 0.05) is 0 Å². The van der Waals surface area contributed by atoms with Crippen LogP contribution < -0.4 is 5.32 Å². The van der Waals surface area contributed by atoms with E-state index in [1.807, 2.05) is 11.3 Å². The topological polar surface area (TPSA) is 24.9 Å². The van der Waals surface area contributed by atoms with E-state index < -0.39 is 0 Å². The van der Waals surface area contributed by atoms with Crippen LogP contribution in [0.1, 0.15) is 35.9 Å². The van der Waals surface area contributed by atoms with Gasteiger partial charge in [0.1, 0.15) is 5.01 Å². The van der Waals surface area contributed by atoms with Crippen molar-refractivity contribution in [3.8, 4) is 0 Å². The summed E-state index contributed by atoms with van der Waals surface area (Å²) in [5.41, 5.74) is 2.51. The third-order valence-corrected chi connectivity index (χ3v) is 5.75. The Kier molecular flexibility index (Phi) is 2.45. The molecule has 94 valence electrons. The van der Waals surface area contributed by atoms with Gasteiger partial charge >= 0.3 is 0 Å². The molecule has 1 aliphatic heterocycles. The number of aromatic nitrogens is 1. The molecule has 2 fully saturated rings. The Morgan fingerprint density at radius 3 is 3.17 bits per heavy atom. The normalized spacial score (nSPS) is 31.1. The van der Waals surface area contributed by atoms with E-state index in [-0.39, 0.29) is 0 Å². The Morgan fingerprint density at radius 1 is 1.33 bits per heavy atom. The highest BCUT2D eigenvalue weighted by Crippen LogP contribution is 2.45. The van der Waals surface area contributed by atoms with Gasteiger partial charge in [-0.3, -0.25) is 0 Å². The molecule has 3 unspecified atom stereocenters. The second kappa shape index (κ2) is 4.04. The predicted molar refractivity (Wildman–Crippen MR) is 75.9 cm³/mol. The first-order valence-corrected chi connectivity index (χ1v) is 7.74. The van der Waals surface area contributed by atoms with Crippen LogP contribution in [0.2, 0.25) is 0 Å². The second-order valence-corrected chi connectivity index (χ2v) is 6.78. The predicted octanol–water partition coefficient (Wildman–Crippen LogP) is 3.67. The Morgan fingerprint density at radius 2 is 2.28 bits per heavy atom. The minimum atomic E-state index is 0.522. The minimum absolute atomic E-state index is 0.522. The highest BCUT2D eigenvalue weighted by Gasteiger charge is 2.40. The summed E-state index contributed by atoms with van der Waals surface area (Å²) >= 11 is 1.88. The van der Waals surface area contributed by atoms with Gasteiger partial charge in [-0.2, -0.15) is 0 Å². The number of fused-ring (bicyclic) bond motifs is 2. The minimum Gasteiger partial charge on any atom is -0.307 e. The zero-order valence-electron chi connectivity index (χ0n) is 10.6. The molecule has 3 heteroatoms. The molecule has 1 saturated heterocycles. The summed E-state index contributed by atoms with van der Waals surface area (Å²) in [6.45, 7) is 3.36. The molecule has 0 spiro atoms. The van der Waals surface area contributed by atoms with Crippen LogP contribution >= 0.6 is 11.3 Å². The molecule has 1 aromatic heterocycles. The summed E-state index contributed by atoms with van der Waals surface area (Å²) in [7, 11) is 0. The quantitative estimate of drug-likeness (QED) is 0.844. The molecule has 1 aromatic carbocycles. The highest BCUT2D eigenvalue weighted by atomic mass is 32.1. The number of aryl methyl sites for hydroxylation is 1. The number of hydrogen-bond donors (Lipinski definition) is 1. The maximum Gasteiger partial charge on any atom is 0.111 e. The van der Waals surface area contributed by atoms with Gasteiger partial charge < -0.3 is 5.32 Å². The van der Waals surface area contributed by atoms with Crippen LogP contribution in [0, 0.1) is 18.8 Å². The summed E-state index contributed by atoms with van der Waals surface area (Å²) < 4.78 is 1.34. The van der Waals surface area contributed by atoms with Crippen LogP contribution in [0.15, 0.2) is 18.2 Å². The largest absolute Gasteiger partial charge is 0.307 e. The van der Waals surface area contributed by atoms with E-state index in [0.717, 1.165) is 11.8 Å². The molecule has 0 amide bonds. The van der Waals surface area contributed by atoms with Gasteiger partial charge in [-0.05, 0) is 49.8 Å². The van der Waals surface area contributed by atoms with Gasteiger partial charge in [-0.1, -0.05) is 18.6 Å². The van der Waals surface area contributed by atoms with E-state index >= 15 is 0 Å². The summed E-state index contributed by atoms with van der Waals surface area (Å²) in [5.74, 6) is 1.74. The van der Waals surface area contributed by atoms with Crippen molar-refractivity contribution < 1.29 is 0 Å². The van der Waals surface area contributed by atoms with Gasteiger partial charge in [0.2, 0.25) is 0 Å². The average molecular weight is 258 g/mol. The third kappa shape index (κ3) is 1.54. The maximum atomic E-state index is 4.91. The van der Waals surface area contributed by atoms with Crippen LogP contribution in [0.5, 0.6) is 0 Å². The summed E-state index contributed by atoms with van der Waals surface area (Å²) in [6, 6.07) is 7.02. The zero-order chi connectivity index (χ0) is 12.1. The lowest BCUT2D eigenvalue weighted by molar-refractivity contribution is 0.421. The van der Waals surface area contributed by atoms with Crippen molar-refractivity contribution >= 4 is 21.6 Å². The van der Waals surface area contributed by atoms with Crippen molar-refractivity contribution in [3.63, 3.8) is 0 Å². The number of para-hydroxylation sites is 1. The van der Waals surface area contributed by atoms with Gasteiger partial charge in [0.25, 0.3) is 0 Å². The highest BCUT2D eigenvalue weighted by molar-refractivity contribution is 7.18. The Hall–Kier alpha value is -0.930. The van der Waals surface area contributed by atoms with Crippen LogP contribution in [0.25, 0.3) is 10.2 Å². The van der Waals surface area contributed by atoms with E-state index in [4.69, 9.17) is 4.98 Å². The summed E-state index contributed by atoms with van der Waals surface area (Å²) in [6.07, 6.45) is 4.22. The van der Waals surface area contributed by atoms with E-state index in [1.54, 1.807) is 0 Å². The number of nitrogens with zero attached hydrogens (tertiary/aromatic N) is 1. The second-order valence-electron chi connectivity index (χ2n) is 5.71. The monoisotopic (exact) mass is 258 g/mol. The fraction of sp³-hybridized carbons (Fsp3) is 0.533. The molecule has 1 saturated carbocycles. The lowest BCUT2D eigenvalue weighted by atomic mass is 9.94. The Labute approximate surface area is 111 Å². The molecule has 0 radical (unpaired) electrons. The molecular weight excluding hydrogens is 240 g/mol. The zero-order valence-corrected chi connectivity index (χ0v) is 11.5. The number of benzene rings is 1. The molecule has 18 heavy (non-hydrogen) atoms. The third-order valence-electron chi connectivity index (χ3n) is 4.65. The first-order valence-electron chi connectivity index (χ1n) is 6.92. The maximum absolute atomic E-state index is 4.91. The SMILES string of the molecule is Cc1cccc2sc(C3NCC4CCCC43)nc12. The molecule has 2 aliphatic rings. The first kappa shape index (κ1) is 10.9. The lowest BCUT2D eigenvalue weighted by Gasteiger charge is -2.15. The van der Waals surface area contributed by atoms with E-state index in [0.29, 0.717) is 6.04 Å². The molecule has 0 bridgehead atoms. The van der Waals surface area contributed by atoms with E-state index in [2.05, 4.69) is 30.4 Å². The molecule has 2 heterocycles. The van der Waals surface area contributed by atoms with Crippen LogP contribution in [0.3, 0.4) is 0 Å². The standard InChI is InChI=1S/C15H18N2S/c1-9-4-2-7-12-13(9)17-15(18-12)14-11-6-3-5-10(11)8-16-14/h2,4,7,10-11,14,16H,3,5-6,8H2,1H3. The Balaban J connectivity index is 1.76. The molecular formula is C15H18N2S. The van der Waals surface area contributed by atoms with Crippen molar-refractivity contribution in [2.45, 2.75) is 32.2 Å². The first-order chi connectivity index (χ1) is 8.83. The molecule has 3 atom stereocenters. The smallest absolute Gasteiger partial charge is 0.111 e. The molecule has 4 rings (SSSR count). The van der Waals surface area contributed by atoms with Crippen LogP contribution in [-0.2, 0) is 0 Å². The Bertz CT molecular complexity index is 589. The van der Waals surface area contributed by atoms with Crippen LogP contribution in [0.4, 0.5) is 0 Å². The van der Waals surface area contributed by atoms with Crippen molar-refractivity contribution in [3.05, 3.63) is 28.8 Å². The molecule has 2 aromatic rings. The van der Waals surface area contributed by atoms with E-state index in [9.17, 15) is 0 Å². The summed E-state index contributed by atoms with van der Waals surface area (Å²) in [4.78, 5) is 4.91. The van der Waals surface area contributed by atoms with Gasteiger partial charge in [-0.15, -0.1) is 11.3 Å². The fourth-order valence-electron chi connectivity index (χ4n) is 3.69. The average Bonchev–Trinajstić information content (AvgIpc) is 3.02. The van der Waals surface area contributed by atoms with Crippen molar-refractivity contribution in [2.75, 3.05) is 6.54 Å². The molecule has 1 aliphatic carbocycles. The fourth-order valence-corrected chi connectivity index (χ4v) is 4.89. The van der Waals surface area contributed by atoms with Crippen molar-refractivity contribution in [2.24, 2.45) is 11.8 Å². The lowest BCUT2D eigenvalue weighted by Crippen LogP contribution is -2.17. The van der Waals surface area contributed by atoms with Gasteiger partial charge in [-0.25, -0.2) is 4.98 Å². The van der Waals surface area contributed by atoms with Gasteiger partial charge in [0.05, 0.1) is 16.3 Å². The van der Waals surface area contributed by atoms with Crippen molar-refractivity contribution in [1.29, 1.82) is 0 Å². The van der Waals surface area contributed by atoms with Crippen molar-refractivity contribution in [1.82, 2.24) is 10.3 Å². The molecule has 2 nitrogen and oxygen atoms in total.